The van der Waals surface area contributed by atoms with Crippen LogP contribution in [0.2, 0.25) is 5.02 Å². The van der Waals surface area contributed by atoms with E-state index in [-0.39, 0.29) is 21.8 Å². The summed E-state index contributed by atoms with van der Waals surface area (Å²) in [5.74, 6) is -1.16. The smallest absolute Gasteiger partial charge is 0.417 e. The first-order valence-corrected chi connectivity index (χ1v) is 6.65. The van der Waals surface area contributed by atoms with Gasteiger partial charge in [-0.25, -0.2) is 4.79 Å². The minimum Gasteiger partial charge on any atom is -0.478 e. The predicted molar refractivity (Wildman–Crippen MR) is 81.1 cm³/mol. The molecule has 0 aliphatic carbocycles. The van der Waals surface area contributed by atoms with Crippen LogP contribution in [-0.2, 0) is 6.18 Å². The van der Waals surface area contributed by atoms with Gasteiger partial charge in [0.1, 0.15) is 0 Å². The van der Waals surface area contributed by atoms with Gasteiger partial charge in [-0.1, -0.05) is 29.8 Å². The van der Waals surface area contributed by atoms with Crippen LogP contribution >= 0.6 is 11.6 Å². The molecule has 0 saturated heterocycles. The third-order valence-corrected chi connectivity index (χ3v) is 3.20. The maximum Gasteiger partial charge on any atom is 0.417 e. The summed E-state index contributed by atoms with van der Waals surface area (Å²) in [6, 6.07) is 8.83. The minimum atomic E-state index is -4.50. The van der Waals surface area contributed by atoms with Crippen LogP contribution in [-0.4, -0.2) is 17.3 Å². The molecule has 0 fully saturated rings. The Labute approximate surface area is 134 Å². The first-order chi connectivity index (χ1) is 10.8. The van der Waals surface area contributed by atoms with E-state index in [0.717, 1.165) is 12.3 Å². The fourth-order valence-corrected chi connectivity index (χ4v) is 1.94. The van der Waals surface area contributed by atoms with E-state index in [9.17, 15) is 18.0 Å². The summed E-state index contributed by atoms with van der Waals surface area (Å²) in [7, 11) is 0. The molecule has 120 valence electrons. The van der Waals surface area contributed by atoms with Crippen molar-refractivity contribution in [3.05, 3.63) is 64.2 Å². The van der Waals surface area contributed by atoms with E-state index in [1.807, 2.05) is 0 Å². The second kappa shape index (κ2) is 6.70. The number of carbonyl (C=O) groups is 1. The summed E-state index contributed by atoms with van der Waals surface area (Å²) in [6.45, 7) is 0. The third kappa shape index (κ3) is 4.23. The average Bonchev–Trinajstić information content (AvgIpc) is 2.48. The summed E-state index contributed by atoms with van der Waals surface area (Å²) in [6.07, 6.45) is -3.50. The van der Waals surface area contributed by atoms with Gasteiger partial charge in [0.2, 0.25) is 0 Å². The Hall–Kier alpha value is -2.54. The summed E-state index contributed by atoms with van der Waals surface area (Å²) in [5.41, 5.74) is 1.64. The number of rotatable bonds is 4. The highest BCUT2D eigenvalue weighted by Crippen LogP contribution is 2.31. The normalized spacial score (nSPS) is 11.7. The molecule has 0 bridgehead atoms. The molecule has 2 rings (SSSR count). The highest BCUT2D eigenvalue weighted by atomic mass is 35.5. The second-order valence-electron chi connectivity index (χ2n) is 4.45. The van der Waals surface area contributed by atoms with E-state index in [2.05, 4.69) is 10.5 Å². The molecule has 0 aliphatic rings. The lowest BCUT2D eigenvalue weighted by Crippen LogP contribution is -2.09. The van der Waals surface area contributed by atoms with Gasteiger partial charge in [-0.3, -0.25) is 5.43 Å². The molecule has 23 heavy (non-hydrogen) atoms. The summed E-state index contributed by atoms with van der Waals surface area (Å²) < 4.78 is 38.5. The van der Waals surface area contributed by atoms with Crippen molar-refractivity contribution in [1.82, 2.24) is 0 Å². The van der Waals surface area contributed by atoms with Crippen LogP contribution in [0.25, 0.3) is 0 Å². The number of aromatic carboxylic acids is 1. The molecule has 0 radical (unpaired) electrons. The molecular formula is C15H10ClF3N2O2. The zero-order valence-electron chi connectivity index (χ0n) is 11.4. The number of hydrazone groups is 1. The highest BCUT2D eigenvalue weighted by Gasteiger charge is 2.32. The Morgan fingerprint density at radius 2 is 1.91 bits per heavy atom. The van der Waals surface area contributed by atoms with Crippen LogP contribution in [0.15, 0.2) is 47.6 Å². The predicted octanol–water partition coefficient (Wildman–Crippen LogP) is 4.50. The van der Waals surface area contributed by atoms with Crippen LogP contribution in [0, 0.1) is 0 Å². The fourth-order valence-electron chi connectivity index (χ4n) is 1.78. The van der Waals surface area contributed by atoms with Crippen molar-refractivity contribution in [3.63, 3.8) is 0 Å². The number of nitrogens with one attached hydrogen (secondary N) is 1. The molecule has 0 spiro atoms. The summed E-state index contributed by atoms with van der Waals surface area (Å²) >= 11 is 5.88. The van der Waals surface area contributed by atoms with E-state index < -0.39 is 17.7 Å². The van der Waals surface area contributed by atoms with Crippen LogP contribution < -0.4 is 5.43 Å². The molecule has 0 aliphatic heterocycles. The lowest BCUT2D eigenvalue weighted by molar-refractivity contribution is -0.137. The monoisotopic (exact) mass is 342 g/mol. The van der Waals surface area contributed by atoms with E-state index in [0.29, 0.717) is 0 Å². The topological polar surface area (TPSA) is 61.7 Å². The van der Waals surface area contributed by atoms with E-state index >= 15 is 0 Å². The Kier molecular flexibility index (Phi) is 4.90. The molecule has 0 aromatic heterocycles. The molecule has 0 unspecified atom stereocenters. The largest absolute Gasteiger partial charge is 0.478 e. The van der Waals surface area contributed by atoms with Crippen molar-refractivity contribution in [2.75, 3.05) is 5.43 Å². The average molecular weight is 343 g/mol. The van der Waals surface area contributed by atoms with E-state index in [1.165, 1.54) is 36.4 Å². The number of alkyl halides is 3. The number of anilines is 1. The van der Waals surface area contributed by atoms with Gasteiger partial charge in [-0.15, -0.1) is 0 Å². The number of carboxylic acid groups (broad SMARTS) is 1. The maximum absolute atomic E-state index is 12.8. The van der Waals surface area contributed by atoms with Crippen LogP contribution in [0.4, 0.5) is 18.9 Å². The number of carboxylic acids is 1. The molecule has 2 aromatic rings. The number of hydrogen-bond acceptors (Lipinski definition) is 3. The zero-order chi connectivity index (χ0) is 17.0. The first-order valence-electron chi connectivity index (χ1n) is 6.27. The summed E-state index contributed by atoms with van der Waals surface area (Å²) in [5, 5.41) is 12.8. The van der Waals surface area contributed by atoms with Gasteiger partial charge in [0.15, 0.2) is 0 Å². The van der Waals surface area contributed by atoms with Gasteiger partial charge >= 0.3 is 12.1 Å². The van der Waals surface area contributed by atoms with Crippen molar-refractivity contribution >= 4 is 29.5 Å². The number of benzene rings is 2. The highest BCUT2D eigenvalue weighted by molar-refractivity contribution is 6.33. The van der Waals surface area contributed by atoms with Crippen molar-refractivity contribution in [3.8, 4) is 0 Å². The van der Waals surface area contributed by atoms with Gasteiger partial charge < -0.3 is 5.11 Å². The second-order valence-corrected chi connectivity index (χ2v) is 4.86. The molecule has 8 heteroatoms. The Bertz CT molecular complexity index is 761. The van der Waals surface area contributed by atoms with Crippen LogP contribution in [0.3, 0.4) is 0 Å². The van der Waals surface area contributed by atoms with Gasteiger partial charge in [0, 0.05) is 5.56 Å². The quantitative estimate of drug-likeness (QED) is 0.635. The molecule has 2 aromatic carbocycles. The van der Waals surface area contributed by atoms with E-state index in [4.69, 9.17) is 16.7 Å². The van der Waals surface area contributed by atoms with Crippen molar-refractivity contribution in [2.24, 2.45) is 5.10 Å². The molecular weight excluding hydrogens is 333 g/mol. The van der Waals surface area contributed by atoms with Gasteiger partial charge in [0.05, 0.1) is 28.1 Å². The standard InChI is InChI=1S/C15H10ClF3N2O2/c16-12-6-5-9(14(22)23)7-13(12)21-20-8-10-3-1-2-4-11(10)15(17,18)19/h1-8,21H,(H,22,23)/b20-8-. The Balaban J connectivity index is 2.24. The fraction of sp³-hybridized carbons (Fsp3) is 0.0667. The van der Waals surface area contributed by atoms with Crippen LogP contribution in [0.1, 0.15) is 21.5 Å². The molecule has 0 atom stereocenters. The number of halogens is 4. The Morgan fingerprint density at radius 1 is 1.22 bits per heavy atom. The summed E-state index contributed by atoms with van der Waals surface area (Å²) in [4.78, 5) is 10.9. The van der Waals surface area contributed by atoms with Crippen molar-refractivity contribution < 1.29 is 23.1 Å². The minimum absolute atomic E-state index is 0.0252. The molecule has 0 heterocycles. The van der Waals surface area contributed by atoms with Gasteiger partial charge in [-0.05, 0) is 24.3 Å². The number of nitrogens with zero attached hydrogens (tertiary/aromatic N) is 1. The third-order valence-electron chi connectivity index (χ3n) is 2.87. The SMILES string of the molecule is O=C(O)c1ccc(Cl)c(N/N=C\c2ccccc2C(F)(F)F)c1. The molecule has 4 nitrogen and oxygen atoms in total. The maximum atomic E-state index is 12.8. The van der Waals surface area contributed by atoms with Crippen LogP contribution in [0.5, 0.6) is 0 Å². The molecule has 0 saturated carbocycles. The lowest BCUT2D eigenvalue weighted by atomic mass is 10.1. The van der Waals surface area contributed by atoms with Gasteiger partial charge in [-0.2, -0.15) is 18.3 Å². The van der Waals surface area contributed by atoms with E-state index in [1.54, 1.807) is 0 Å². The molecule has 0 amide bonds. The Morgan fingerprint density at radius 3 is 2.57 bits per heavy atom. The van der Waals surface area contributed by atoms with Crippen molar-refractivity contribution in [1.29, 1.82) is 0 Å². The number of hydrogen-bond donors (Lipinski definition) is 2. The van der Waals surface area contributed by atoms with Crippen molar-refractivity contribution in [2.45, 2.75) is 6.18 Å². The lowest BCUT2D eigenvalue weighted by Gasteiger charge is -2.09. The molecule has 2 N–H and O–H groups in total. The first kappa shape index (κ1) is 16.8. The zero-order valence-corrected chi connectivity index (χ0v) is 12.2. The van der Waals surface area contributed by atoms with Gasteiger partial charge in [0.25, 0.3) is 0 Å².